The second-order valence-corrected chi connectivity index (χ2v) is 3.68. The number of hydrogen-bond donors (Lipinski definition) is 1. The van der Waals surface area contributed by atoms with Gasteiger partial charge in [0.1, 0.15) is 0 Å². The third kappa shape index (κ3) is 2.47. The highest BCUT2D eigenvalue weighted by Gasteiger charge is 2.29. The molecule has 2 N–H and O–H groups in total. The molecule has 1 saturated heterocycles. The Morgan fingerprint density at radius 2 is 2.42 bits per heavy atom. The van der Waals surface area contributed by atoms with E-state index in [1.165, 1.54) is 0 Å². The Kier molecular flexibility index (Phi) is 4.06. The van der Waals surface area contributed by atoms with E-state index in [4.69, 9.17) is 22.1 Å². The second-order valence-electron chi connectivity index (χ2n) is 3.43. The molecule has 0 saturated carbocycles. The molecule has 1 unspecified atom stereocenters. The number of hydrogen-bond acceptors (Lipinski definition) is 2. The van der Waals surface area contributed by atoms with E-state index in [-0.39, 0.29) is 5.41 Å². The van der Waals surface area contributed by atoms with Crippen LogP contribution in [0.5, 0.6) is 0 Å². The van der Waals surface area contributed by atoms with E-state index in [0.29, 0.717) is 6.54 Å². The van der Waals surface area contributed by atoms with Gasteiger partial charge in [-0.1, -0.05) is 17.7 Å². The molecule has 0 aromatic carbocycles. The minimum Gasteiger partial charge on any atom is -0.381 e. The Morgan fingerprint density at radius 3 is 2.92 bits per heavy atom. The zero-order chi connectivity index (χ0) is 8.86. The van der Waals surface area contributed by atoms with Crippen LogP contribution < -0.4 is 5.73 Å². The molecule has 1 atom stereocenters. The lowest BCUT2D eigenvalue weighted by Crippen LogP contribution is -2.38. The minimum atomic E-state index is 0.156. The van der Waals surface area contributed by atoms with Crippen molar-refractivity contribution in [1.29, 1.82) is 0 Å². The highest BCUT2D eigenvalue weighted by atomic mass is 35.5. The Labute approximate surface area is 78.7 Å². The molecule has 1 fully saturated rings. The monoisotopic (exact) mass is 189 g/mol. The maximum absolute atomic E-state index is 5.72. The van der Waals surface area contributed by atoms with Gasteiger partial charge in [0.15, 0.2) is 0 Å². The molecule has 70 valence electrons. The molecule has 1 heterocycles. The first-order valence-electron chi connectivity index (χ1n) is 4.36. The van der Waals surface area contributed by atoms with Crippen molar-refractivity contribution in [1.82, 2.24) is 0 Å². The largest absolute Gasteiger partial charge is 0.381 e. The summed E-state index contributed by atoms with van der Waals surface area (Å²) in [5, 5.41) is 0. The van der Waals surface area contributed by atoms with E-state index in [0.717, 1.165) is 32.5 Å². The second kappa shape index (κ2) is 4.85. The van der Waals surface area contributed by atoms with Gasteiger partial charge in [-0.25, -0.2) is 0 Å². The van der Waals surface area contributed by atoms with E-state index in [1.807, 2.05) is 6.08 Å². The lowest BCUT2D eigenvalue weighted by atomic mass is 9.80. The van der Waals surface area contributed by atoms with Gasteiger partial charge in [0, 0.05) is 24.1 Å². The van der Waals surface area contributed by atoms with Crippen molar-refractivity contribution in [3.05, 3.63) is 11.6 Å². The summed E-state index contributed by atoms with van der Waals surface area (Å²) in [7, 11) is 0. The molecule has 2 nitrogen and oxygen atoms in total. The molecule has 0 radical (unpaired) electrons. The fourth-order valence-corrected chi connectivity index (χ4v) is 1.70. The Balaban J connectivity index is 2.47. The van der Waals surface area contributed by atoms with Gasteiger partial charge in [-0.2, -0.15) is 0 Å². The molecule has 1 aliphatic heterocycles. The van der Waals surface area contributed by atoms with Crippen LogP contribution in [-0.2, 0) is 4.74 Å². The van der Waals surface area contributed by atoms with Gasteiger partial charge in [-0.15, -0.1) is 0 Å². The highest BCUT2D eigenvalue weighted by molar-refractivity contribution is 6.25. The van der Waals surface area contributed by atoms with Crippen LogP contribution in [0.15, 0.2) is 11.6 Å². The van der Waals surface area contributed by atoms with Crippen LogP contribution in [0.25, 0.3) is 0 Å². The standard InChI is InChI=1S/C9H16ClNO/c10-5-1-3-9(7-11)4-2-6-12-8-9/h1,5H,2-4,6-8,11H2/b5-1+. The van der Waals surface area contributed by atoms with Gasteiger partial charge in [0.2, 0.25) is 0 Å². The van der Waals surface area contributed by atoms with Crippen LogP contribution >= 0.6 is 11.6 Å². The Bertz CT molecular complexity index is 153. The molecule has 1 rings (SSSR count). The summed E-state index contributed by atoms with van der Waals surface area (Å²) in [6.07, 6.45) is 5.17. The predicted octanol–water partition coefficient (Wildman–Crippen LogP) is 1.88. The van der Waals surface area contributed by atoms with E-state index in [1.54, 1.807) is 5.54 Å². The average Bonchev–Trinajstić information content (AvgIpc) is 2.16. The van der Waals surface area contributed by atoms with Gasteiger partial charge >= 0.3 is 0 Å². The van der Waals surface area contributed by atoms with Crippen LogP contribution in [0.1, 0.15) is 19.3 Å². The summed E-state index contributed by atoms with van der Waals surface area (Å²) in [4.78, 5) is 0. The fraction of sp³-hybridized carbons (Fsp3) is 0.778. The van der Waals surface area contributed by atoms with Gasteiger partial charge in [0.25, 0.3) is 0 Å². The van der Waals surface area contributed by atoms with Gasteiger partial charge in [-0.3, -0.25) is 0 Å². The van der Waals surface area contributed by atoms with Gasteiger partial charge in [0.05, 0.1) is 6.61 Å². The van der Waals surface area contributed by atoms with Crippen LogP contribution in [0.4, 0.5) is 0 Å². The molecule has 0 aromatic rings. The molecule has 0 bridgehead atoms. The highest BCUT2D eigenvalue weighted by Crippen LogP contribution is 2.31. The van der Waals surface area contributed by atoms with E-state index in [9.17, 15) is 0 Å². The van der Waals surface area contributed by atoms with Crippen molar-refractivity contribution in [2.24, 2.45) is 11.1 Å². The van der Waals surface area contributed by atoms with Crippen LogP contribution in [0.3, 0.4) is 0 Å². The van der Waals surface area contributed by atoms with Crippen molar-refractivity contribution in [2.45, 2.75) is 19.3 Å². The molecule has 0 amide bonds. The zero-order valence-corrected chi connectivity index (χ0v) is 8.02. The maximum Gasteiger partial charge on any atom is 0.0537 e. The third-order valence-corrected chi connectivity index (χ3v) is 2.66. The topological polar surface area (TPSA) is 35.2 Å². The van der Waals surface area contributed by atoms with Crippen molar-refractivity contribution in [2.75, 3.05) is 19.8 Å². The van der Waals surface area contributed by atoms with E-state index < -0.39 is 0 Å². The van der Waals surface area contributed by atoms with Gasteiger partial charge in [-0.05, 0) is 19.3 Å². The third-order valence-electron chi connectivity index (χ3n) is 2.48. The van der Waals surface area contributed by atoms with Crippen molar-refractivity contribution >= 4 is 11.6 Å². The molecule has 0 aliphatic carbocycles. The summed E-state index contributed by atoms with van der Waals surface area (Å²) in [6.45, 7) is 2.35. The molecule has 3 heteroatoms. The summed E-state index contributed by atoms with van der Waals surface area (Å²) in [5.41, 5.74) is 7.44. The fourth-order valence-electron chi connectivity index (χ4n) is 1.61. The van der Waals surface area contributed by atoms with Crippen LogP contribution in [0.2, 0.25) is 0 Å². The summed E-state index contributed by atoms with van der Waals surface area (Å²) < 4.78 is 5.42. The van der Waals surface area contributed by atoms with Crippen LogP contribution in [0, 0.1) is 5.41 Å². The number of halogens is 1. The summed E-state index contributed by atoms with van der Waals surface area (Å²) in [6, 6.07) is 0. The Hall–Kier alpha value is -0.0500. The molecular weight excluding hydrogens is 174 g/mol. The maximum atomic E-state index is 5.72. The van der Waals surface area contributed by atoms with E-state index in [2.05, 4.69) is 0 Å². The van der Waals surface area contributed by atoms with Crippen molar-refractivity contribution in [3.8, 4) is 0 Å². The zero-order valence-electron chi connectivity index (χ0n) is 7.26. The predicted molar refractivity (Wildman–Crippen MR) is 51.2 cm³/mol. The van der Waals surface area contributed by atoms with Crippen molar-refractivity contribution in [3.63, 3.8) is 0 Å². The SMILES string of the molecule is NCC1(C/C=C/Cl)CCCOC1. The summed E-state index contributed by atoms with van der Waals surface area (Å²) >= 11 is 5.48. The lowest BCUT2D eigenvalue weighted by molar-refractivity contribution is -0.00118. The molecule has 0 spiro atoms. The average molecular weight is 190 g/mol. The van der Waals surface area contributed by atoms with Crippen LogP contribution in [-0.4, -0.2) is 19.8 Å². The lowest BCUT2D eigenvalue weighted by Gasteiger charge is -2.35. The van der Waals surface area contributed by atoms with Crippen molar-refractivity contribution < 1.29 is 4.74 Å². The molecule has 1 aliphatic rings. The number of allylic oxidation sites excluding steroid dienone is 1. The number of nitrogens with two attached hydrogens (primary N) is 1. The van der Waals surface area contributed by atoms with Gasteiger partial charge < -0.3 is 10.5 Å². The molecule has 0 aromatic heterocycles. The first kappa shape index (κ1) is 10.0. The molecule has 12 heavy (non-hydrogen) atoms. The first-order chi connectivity index (χ1) is 5.83. The normalized spacial score (nSPS) is 31.2. The number of ether oxygens (including phenoxy) is 1. The summed E-state index contributed by atoms with van der Waals surface area (Å²) in [5.74, 6) is 0. The smallest absolute Gasteiger partial charge is 0.0537 e. The molecular formula is C9H16ClNO. The number of rotatable bonds is 3. The Morgan fingerprint density at radius 1 is 1.58 bits per heavy atom. The quantitative estimate of drug-likeness (QED) is 0.736. The van der Waals surface area contributed by atoms with E-state index >= 15 is 0 Å². The first-order valence-corrected chi connectivity index (χ1v) is 4.80. The minimum absolute atomic E-state index is 0.156.